The molecule has 0 bridgehead atoms. The van der Waals surface area contributed by atoms with Crippen molar-refractivity contribution < 1.29 is 19.1 Å². The molecule has 40 heavy (non-hydrogen) atoms. The van der Waals surface area contributed by atoms with Crippen LogP contribution in [0.15, 0.2) is 6.08 Å². The largest absolute Gasteiger partial charge is 0.444 e. The molecule has 2 atom stereocenters. The van der Waals surface area contributed by atoms with Crippen molar-refractivity contribution in [2.45, 2.75) is 71.6 Å². The first-order valence-corrected chi connectivity index (χ1v) is 14.3. The number of carbonyl (C=O) groups excluding carboxylic acids is 2. The molecule has 0 spiro atoms. The highest BCUT2D eigenvalue weighted by Gasteiger charge is 2.31. The molecule has 3 aliphatic heterocycles. The van der Waals surface area contributed by atoms with E-state index in [1.807, 2.05) is 47.6 Å². The van der Waals surface area contributed by atoms with Crippen LogP contribution in [-0.4, -0.2) is 118 Å². The van der Waals surface area contributed by atoms with Gasteiger partial charge in [0.05, 0.1) is 0 Å². The molecule has 1 unspecified atom stereocenters. The Labute approximate surface area is 238 Å². The molecule has 12 heteroatoms. The van der Waals surface area contributed by atoms with E-state index in [0.29, 0.717) is 43.9 Å². The quantitative estimate of drug-likeness (QED) is 0.577. The SMILES string of the molecule is CN1CCN(c2nc(/C=C/C3CCN(C(=O)OC(C)(C)C)C3)nc(N[C@@H]3CCN(C(=O)OC(C)(C)C)C3)n2)CC1. The molecule has 3 saturated heterocycles. The zero-order valence-electron chi connectivity index (χ0n) is 25.1. The average molecular weight is 559 g/mol. The van der Waals surface area contributed by atoms with Gasteiger partial charge in [-0.15, -0.1) is 0 Å². The predicted molar refractivity (Wildman–Crippen MR) is 154 cm³/mol. The number of hydrogen-bond donors (Lipinski definition) is 1. The van der Waals surface area contributed by atoms with E-state index < -0.39 is 11.2 Å². The van der Waals surface area contributed by atoms with Gasteiger partial charge in [-0.2, -0.15) is 15.0 Å². The molecule has 3 fully saturated rings. The fourth-order valence-electron chi connectivity index (χ4n) is 4.88. The van der Waals surface area contributed by atoms with Gasteiger partial charge in [0.1, 0.15) is 11.2 Å². The molecule has 0 aliphatic carbocycles. The third-order valence-corrected chi connectivity index (χ3v) is 6.99. The molecule has 4 rings (SSSR count). The zero-order chi connectivity index (χ0) is 29.1. The molecule has 4 heterocycles. The normalized spacial score (nSPS) is 22.7. The maximum atomic E-state index is 12.5. The highest BCUT2D eigenvalue weighted by atomic mass is 16.6. The van der Waals surface area contributed by atoms with Gasteiger partial charge >= 0.3 is 12.2 Å². The molecular weight excluding hydrogens is 512 g/mol. The first-order valence-electron chi connectivity index (χ1n) is 14.3. The molecule has 12 nitrogen and oxygen atoms in total. The predicted octanol–water partition coefficient (Wildman–Crippen LogP) is 3.31. The number of likely N-dealkylation sites (N-methyl/N-ethyl adjacent to an activating group) is 1. The van der Waals surface area contributed by atoms with Crippen molar-refractivity contribution in [3.05, 3.63) is 11.9 Å². The molecule has 0 radical (unpaired) electrons. The number of rotatable bonds is 5. The van der Waals surface area contributed by atoms with Crippen LogP contribution in [-0.2, 0) is 9.47 Å². The second kappa shape index (κ2) is 12.2. The minimum absolute atomic E-state index is 0.0179. The van der Waals surface area contributed by atoms with Crippen molar-refractivity contribution in [2.75, 3.05) is 69.6 Å². The number of nitrogens with one attached hydrogen (secondary N) is 1. The number of nitrogens with zero attached hydrogens (tertiary/aromatic N) is 7. The van der Waals surface area contributed by atoms with Crippen LogP contribution in [0, 0.1) is 5.92 Å². The summed E-state index contributed by atoms with van der Waals surface area (Å²) in [6.07, 6.45) is 5.08. The van der Waals surface area contributed by atoms with Crippen LogP contribution in [0.4, 0.5) is 21.5 Å². The van der Waals surface area contributed by atoms with Crippen molar-refractivity contribution in [3.63, 3.8) is 0 Å². The fraction of sp³-hybridized carbons (Fsp3) is 0.750. The summed E-state index contributed by atoms with van der Waals surface area (Å²) in [4.78, 5) is 47.2. The molecule has 1 N–H and O–H groups in total. The number of likely N-dealkylation sites (tertiary alicyclic amines) is 2. The Bertz CT molecular complexity index is 1080. The number of ether oxygens (including phenoxy) is 2. The number of piperazine rings is 1. The van der Waals surface area contributed by atoms with E-state index in [0.717, 1.165) is 39.0 Å². The average Bonchev–Trinajstić information content (AvgIpc) is 3.51. The molecule has 1 aromatic heterocycles. The van der Waals surface area contributed by atoms with E-state index in [4.69, 9.17) is 24.4 Å². The lowest BCUT2D eigenvalue weighted by molar-refractivity contribution is 0.0281. The maximum absolute atomic E-state index is 12.5. The Hall–Kier alpha value is -3.15. The first-order chi connectivity index (χ1) is 18.7. The van der Waals surface area contributed by atoms with Crippen molar-refractivity contribution >= 4 is 30.2 Å². The third-order valence-electron chi connectivity index (χ3n) is 6.99. The minimum atomic E-state index is -0.529. The van der Waals surface area contributed by atoms with Crippen molar-refractivity contribution in [2.24, 2.45) is 5.92 Å². The van der Waals surface area contributed by atoms with Gasteiger partial charge in [0, 0.05) is 58.4 Å². The van der Waals surface area contributed by atoms with Crippen LogP contribution >= 0.6 is 0 Å². The summed E-state index contributed by atoms with van der Waals surface area (Å²) in [5.41, 5.74) is -1.04. The topological polar surface area (TPSA) is 116 Å². The molecule has 222 valence electrons. The first kappa shape index (κ1) is 29.8. The van der Waals surface area contributed by atoms with E-state index >= 15 is 0 Å². The Morgan fingerprint density at radius 2 is 1.43 bits per heavy atom. The minimum Gasteiger partial charge on any atom is -0.444 e. The number of anilines is 2. The van der Waals surface area contributed by atoms with Crippen LogP contribution in [0.1, 0.15) is 60.2 Å². The highest BCUT2D eigenvalue weighted by molar-refractivity contribution is 5.69. The summed E-state index contributed by atoms with van der Waals surface area (Å²) in [5, 5.41) is 3.44. The van der Waals surface area contributed by atoms with Crippen LogP contribution in [0.3, 0.4) is 0 Å². The molecule has 2 amide bonds. The van der Waals surface area contributed by atoms with E-state index in [2.05, 4.69) is 28.2 Å². The van der Waals surface area contributed by atoms with Gasteiger partial charge in [-0.25, -0.2) is 9.59 Å². The molecular formula is C28H46N8O4. The Kier molecular flexibility index (Phi) is 9.06. The number of amides is 2. The summed E-state index contributed by atoms with van der Waals surface area (Å²) >= 11 is 0. The van der Waals surface area contributed by atoms with E-state index in [-0.39, 0.29) is 24.1 Å². The lowest BCUT2D eigenvalue weighted by Gasteiger charge is -2.32. The fourth-order valence-corrected chi connectivity index (χ4v) is 4.88. The van der Waals surface area contributed by atoms with Gasteiger partial charge in [-0.1, -0.05) is 6.08 Å². The van der Waals surface area contributed by atoms with E-state index in [1.54, 1.807) is 9.80 Å². The second-order valence-corrected chi connectivity index (χ2v) is 13.0. The van der Waals surface area contributed by atoms with Crippen LogP contribution in [0.5, 0.6) is 0 Å². The molecule has 0 saturated carbocycles. The number of carbonyl (C=O) groups is 2. The van der Waals surface area contributed by atoms with Gasteiger partial charge in [-0.05, 0) is 73.4 Å². The van der Waals surface area contributed by atoms with Gasteiger partial charge in [0.25, 0.3) is 0 Å². The Morgan fingerprint density at radius 1 is 0.825 bits per heavy atom. The third kappa shape index (κ3) is 8.67. The monoisotopic (exact) mass is 558 g/mol. The van der Waals surface area contributed by atoms with Crippen molar-refractivity contribution in [1.82, 2.24) is 29.7 Å². The van der Waals surface area contributed by atoms with E-state index in [1.165, 1.54) is 0 Å². The Morgan fingerprint density at radius 3 is 2.05 bits per heavy atom. The number of aromatic nitrogens is 3. The second-order valence-electron chi connectivity index (χ2n) is 13.0. The van der Waals surface area contributed by atoms with Gasteiger partial charge in [0.15, 0.2) is 5.82 Å². The summed E-state index contributed by atoms with van der Waals surface area (Å²) < 4.78 is 11.1. The maximum Gasteiger partial charge on any atom is 0.410 e. The lowest BCUT2D eigenvalue weighted by atomic mass is 10.1. The van der Waals surface area contributed by atoms with Crippen LogP contribution < -0.4 is 10.2 Å². The summed E-state index contributed by atoms with van der Waals surface area (Å²) in [5.74, 6) is 1.92. The van der Waals surface area contributed by atoms with E-state index in [9.17, 15) is 9.59 Å². The lowest BCUT2D eigenvalue weighted by Crippen LogP contribution is -2.45. The highest BCUT2D eigenvalue weighted by Crippen LogP contribution is 2.23. The van der Waals surface area contributed by atoms with Gasteiger partial charge < -0.3 is 34.4 Å². The van der Waals surface area contributed by atoms with Crippen molar-refractivity contribution in [1.29, 1.82) is 0 Å². The standard InChI is InChI=1S/C28H46N8O4/c1-27(2,3)39-25(37)35-12-10-20(18-35)8-9-22-30-23(32-24(31-22)34-16-14-33(7)15-17-34)29-21-11-13-36(19-21)26(38)40-28(4,5)6/h8-9,20-21H,10-19H2,1-7H3,(H,29,30,31,32)/b9-8+/t20?,21-/m1/s1. The van der Waals surface area contributed by atoms with Gasteiger partial charge in [0.2, 0.25) is 11.9 Å². The summed E-state index contributed by atoms with van der Waals surface area (Å²) in [6, 6.07) is 0.0179. The van der Waals surface area contributed by atoms with Crippen LogP contribution in [0.25, 0.3) is 6.08 Å². The smallest absolute Gasteiger partial charge is 0.410 e. The van der Waals surface area contributed by atoms with Crippen LogP contribution in [0.2, 0.25) is 0 Å². The molecule has 0 aromatic carbocycles. The van der Waals surface area contributed by atoms with Gasteiger partial charge in [-0.3, -0.25) is 0 Å². The summed E-state index contributed by atoms with van der Waals surface area (Å²) in [6.45, 7) is 17.2. The Balaban J connectivity index is 1.44. The molecule has 3 aliphatic rings. The zero-order valence-corrected chi connectivity index (χ0v) is 25.1. The molecule has 1 aromatic rings. The van der Waals surface area contributed by atoms with Crippen molar-refractivity contribution in [3.8, 4) is 0 Å². The summed E-state index contributed by atoms with van der Waals surface area (Å²) in [7, 11) is 2.12. The number of hydrogen-bond acceptors (Lipinski definition) is 10.